The number of rotatable bonds is 2. The Morgan fingerprint density at radius 2 is 2.23 bits per heavy atom. The molecular formula is C9H11ClFNO. The summed E-state index contributed by atoms with van der Waals surface area (Å²) < 4.78 is 13.0. The Kier molecular flexibility index (Phi) is 3.12. The Labute approximate surface area is 81.1 Å². The molecule has 1 atom stereocenters. The van der Waals surface area contributed by atoms with E-state index in [9.17, 15) is 4.39 Å². The van der Waals surface area contributed by atoms with Gasteiger partial charge in [-0.25, -0.2) is 4.39 Å². The monoisotopic (exact) mass is 203 g/mol. The Bertz CT molecular complexity index is 293. The van der Waals surface area contributed by atoms with E-state index in [0.29, 0.717) is 12.1 Å². The molecule has 4 heteroatoms. The molecule has 0 aliphatic rings. The van der Waals surface area contributed by atoms with Gasteiger partial charge in [-0.1, -0.05) is 18.5 Å². The van der Waals surface area contributed by atoms with Crippen molar-refractivity contribution in [1.29, 1.82) is 0 Å². The van der Waals surface area contributed by atoms with Gasteiger partial charge in [0.15, 0.2) is 11.6 Å². The van der Waals surface area contributed by atoms with Crippen molar-refractivity contribution in [3.8, 4) is 5.75 Å². The van der Waals surface area contributed by atoms with Crippen LogP contribution in [0.2, 0.25) is 5.02 Å². The van der Waals surface area contributed by atoms with Crippen molar-refractivity contribution in [2.75, 3.05) is 6.54 Å². The highest BCUT2D eigenvalue weighted by atomic mass is 35.5. The van der Waals surface area contributed by atoms with Crippen molar-refractivity contribution in [2.24, 2.45) is 5.73 Å². The maximum atomic E-state index is 13.0. The largest absolute Gasteiger partial charge is 0.504 e. The SMILES string of the molecule is CC(CN)c1cc(F)c(O)c(Cl)c1. The number of nitrogens with two attached hydrogens (primary N) is 1. The molecule has 72 valence electrons. The van der Waals surface area contributed by atoms with Gasteiger partial charge >= 0.3 is 0 Å². The van der Waals surface area contributed by atoms with Gasteiger partial charge in [-0.2, -0.15) is 0 Å². The lowest BCUT2D eigenvalue weighted by molar-refractivity contribution is 0.431. The summed E-state index contributed by atoms with van der Waals surface area (Å²) in [5, 5.41) is 9.07. The zero-order chi connectivity index (χ0) is 10.0. The van der Waals surface area contributed by atoms with Gasteiger partial charge < -0.3 is 10.8 Å². The Morgan fingerprint density at radius 3 is 2.69 bits per heavy atom. The van der Waals surface area contributed by atoms with Crippen LogP contribution in [0.3, 0.4) is 0 Å². The third-order valence-corrected chi connectivity index (χ3v) is 2.25. The number of phenols is 1. The summed E-state index contributed by atoms with van der Waals surface area (Å²) in [7, 11) is 0. The van der Waals surface area contributed by atoms with Crippen LogP contribution in [0.25, 0.3) is 0 Å². The van der Waals surface area contributed by atoms with E-state index in [1.165, 1.54) is 12.1 Å². The Hall–Kier alpha value is -0.800. The lowest BCUT2D eigenvalue weighted by atomic mass is 10.0. The molecule has 0 amide bonds. The van der Waals surface area contributed by atoms with Gasteiger partial charge in [-0.05, 0) is 30.2 Å². The predicted octanol–water partition coefficient (Wildman–Crippen LogP) is 2.25. The Balaban J connectivity index is 3.13. The summed E-state index contributed by atoms with van der Waals surface area (Å²) in [6.07, 6.45) is 0. The van der Waals surface area contributed by atoms with Gasteiger partial charge in [-0.15, -0.1) is 0 Å². The van der Waals surface area contributed by atoms with Crippen molar-refractivity contribution < 1.29 is 9.50 Å². The highest BCUT2D eigenvalue weighted by Crippen LogP contribution is 2.30. The molecule has 0 bridgehead atoms. The van der Waals surface area contributed by atoms with Crippen LogP contribution in [0, 0.1) is 5.82 Å². The van der Waals surface area contributed by atoms with E-state index >= 15 is 0 Å². The molecule has 3 N–H and O–H groups in total. The van der Waals surface area contributed by atoms with E-state index in [4.69, 9.17) is 22.4 Å². The van der Waals surface area contributed by atoms with Crippen molar-refractivity contribution in [3.05, 3.63) is 28.5 Å². The van der Waals surface area contributed by atoms with Crippen LogP contribution in [-0.2, 0) is 0 Å². The summed E-state index contributed by atoms with van der Waals surface area (Å²) in [6.45, 7) is 2.28. The molecule has 0 aliphatic carbocycles. The predicted molar refractivity (Wildman–Crippen MR) is 50.5 cm³/mol. The van der Waals surface area contributed by atoms with Crippen LogP contribution in [0.15, 0.2) is 12.1 Å². The fourth-order valence-electron chi connectivity index (χ4n) is 1.01. The molecule has 0 aliphatic heterocycles. The highest BCUT2D eigenvalue weighted by Gasteiger charge is 2.11. The van der Waals surface area contributed by atoms with E-state index in [2.05, 4.69) is 0 Å². The smallest absolute Gasteiger partial charge is 0.170 e. The van der Waals surface area contributed by atoms with Crippen LogP contribution < -0.4 is 5.73 Å². The number of hydrogen-bond donors (Lipinski definition) is 2. The molecule has 1 rings (SSSR count). The minimum atomic E-state index is -0.706. The fourth-order valence-corrected chi connectivity index (χ4v) is 1.22. The van der Waals surface area contributed by atoms with Gasteiger partial charge in [-0.3, -0.25) is 0 Å². The molecule has 0 fully saturated rings. The molecule has 0 heterocycles. The van der Waals surface area contributed by atoms with Crippen LogP contribution >= 0.6 is 11.6 Å². The summed E-state index contributed by atoms with van der Waals surface area (Å²) >= 11 is 5.59. The van der Waals surface area contributed by atoms with Crippen LogP contribution in [0.5, 0.6) is 5.75 Å². The highest BCUT2D eigenvalue weighted by molar-refractivity contribution is 6.32. The molecule has 0 aromatic heterocycles. The molecule has 13 heavy (non-hydrogen) atoms. The molecule has 0 saturated heterocycles. The van der Waals surface area contributed by atoms with Gasteiger partial charge in [0.25, 0.3) is 0 Å². The number of halogens is 2. The number of benzene rings is 1. The molecule has 1 unspecified atom stereocenters. The zero-order valence-electron chi connectivity index (χ0n) is 7.22. The maximum Gasteiger partial charge on any atom is 0.170 e. The minimum Gasteiger partial charge on any atom is -0.504 e. The Morgan fingerprint density at radius 1 is 1.62 bits per heavy atom. The summed E-state index contributed by atoms with van der Waals surface area (Å²) in [4.78, 5) is 0. The van der Waals surface area contributed by atoms with E-state index in [-0.39, 0.29) is 10.9 Å². The summed E-state index contributed by atoms with van der Waals surface area (Å²) in [5.74, 6) is -1.18. The van der Waals surface area contributed by atoms with Gasteiger partial charge in [0.05, 0.1) is 5.02 Å². The first-order chi connectivity index (χ1) is 6.06. The second kappa shape index (κ2) is 3.94. The maximum absolute atomic E-state index is 13.0. The van der Waals surface area contributed by atoms with E-state index in [1.807, 2.05) is 6.92 Å². The summed E-state index contributed by atoms with van der Waals surface area (Å²) in [6, 6.07) is 2.77. The average molecular weight is 204 g/mol. The molecule has 0 radical (unpaired) electrons. The molecule has 0 spiro atoms. The number of hydrogen-bond acceptors (Lipinski definition) is 2. The standard InChI is InChI=1S/C9H11ClFNO/c1-5(4-12)6-2-7(10)9(13)8(11)3-6/h2-3,5,13H,4,12H2,1H3. The van der Waals surface area contributed by atoms with E-state index < -0.39 is 11.6 Å². The van der Waals surface area contributed by atoms with Crippen molar-refractivity contribution in [1.82, 2.24) is 0 Å². The van der Waals surface area contributed by atoms with Crippen LogP contribution in [0.4, 0.5) is 4.39 Å². The fraction of sp³-hybridized carbons (Fsp3) is 0.333. The first-order valence-corrected chi connectivity index (χ1v) is 4.32. The third-order valence-electron chi connectivity index (χ3n) is 1.96. The molecule has 1 aromatic rings. The number of phenolic OH excluding ortho intramolecular Hbond substituents is 1. The molecule has 2 nitrogen and oxygen atoms in total. The normalized spacial score (nSPS) is 12.9. The zero-order valence-corrected chi connectivity index (χ0v) is 7.98. The van der Waals surface area contributed by atoms with Gasteiger partial charge in [0, 0.05) is 0 Å². The minimum absolute atomic E-state index is 0.0234. The van der Waals surface area contributed by atoms with Crippen molar-refractivity contribution in [2.45, 2.75) is 12.8 Å². The molecular weight excluding hydrogens is 193 g/mol. The quantitative estimate of drug-likeness (QED) is 0.775. The second-order valence-corrected chi connectivity index (χ2v) is 3.38. The first-order valence-electron chi connectivity index (χ1n) is 3.94. The van der Waals surface area contributed by atoms with Crippen LogP contribution in [-0.4, -0.2) is 11.7 Å². The first kappa shape index (κ1) is 10.3. The molecule has 0 saturated carbocycles. The van der Waals surface area contributed by atoms with Gasteiger partial charge in [0.1, 0.15) is 0 Å². The van der Waals surface area contributed by atoms with Crippen molar-refractivity contribution in [3.63, 3.8) is 0 Å². The number of aromatic hydroxyl groups is 1. The third kappa shape index (κ3) is 2.11. The average Bonchev–Trinajstić information content (AvgIpc) is 2.12. The second-order valence-electron chi connectivity index (χ2n) is 2.97. The van der Waals surface area contributed by atoms with E-state index in [0.717, 1.165) is 0 Å². The topological polar surface area (TPSA) is 46.2 Å². The lowest BCUT2D eigenvalue weighted by Gasteiger charge is -2.10. The van der Waals surface area contributed by atoms with E-state index in [1.54, 1.807) is 0 Å². The van der Waals surface area contributed by atoms with Crippen molar-refractivity contribution >= 4 is 11.6 Å². The van der Waals surface area contributed by atoms with Gasteiger partial charge in [0.2, 0.25) is 0 Å². The van der Waals surface area contributed by atoms with Crippen LogP contribution in [0.1, 0.15) is 18.4 Å². The lowest BCUT2D eigenvalue weighted by Crippen LogP contribution is -2.09. The summed E-state index contributed by atoms with van der Waals surface area (Å²) in [5.41, 5.74) is 6.11. The molecule has 1 aromatic carbocycles.